The molecule has 24 heavy (non-hydrogen) atoms. The third-order valence-electron chi connectivity index (χ3n) is 4.71. The number of methoxy groups -OCH3 is 1. The zero-order chi connectivity index (χ0) is 17.7. The molecular weight excluding hydrogens is 308 g/mol. The molecule has 6 nitrogen and oxygen atoms in total. The van der Waals surface area contributed by atoms with Gasteiger partial charge in [-0.15, -0.1) is 0 Å². The Hall–Kier alpha value is -2.08. The number of nitrogens with one attached hydrogen (secondary N) is 1. The highest BCUT2D eigenvalue weighted by Gasteiger charge is 2.35. The lowest BCUT2D eigenvalue weighted by atomic mass is 9.84. The quantitative estimate of drug-likeness (QED) is 0.758. The van der Waals surface area contributed by atoms with Crippen LogP contribution in [0.5, 0.6) is 5.75 Å². The Kier molecular flexibility index (Phi) is 6.20. The van der Waals surface area contributed by atoms with Crippen LogP contribution < -0.4 is 10.1 Å². The van der Waals surface area contributed by atoms with Crippen LogP contribution in [-0.4, -0.2) is 54.2 Å². The largest absolute Gasteiger partial charge is 0.497 e. The Morgan fingerprint density at radius 3 is 2.71 bits per heavy atom. The first-order chi connectivity index (χ1) is 11.4. The lowest BCUT2D eigenvalue weighted by molar-refractivity contribution is -0.139. The third-order valence-corrected chi connectivity index (χ3v) is 4.71. The molecular formula is C18H26N2O4. The van der Waals surface area contributed by atoms with Gasteiger partial charge in [-0.2, -0.15) is 0 Å². The third kappa shape index (κ3) is 4.47. The van der Waals surface area contributed by atoms with E-state index >= 15 is 0 Å². The molecule has 1 saturated carbocycles. The number of carboxylic acids is 1. The number of likely N-dealkylation sites (N-methyl/N-ethyl adjacent to an activating group) is 1. The summed E-state index contributed by atoms with van der Waals surface area (Å²) in [5, 5.41) is 12.0. The molecule has 0 aliphatic heterocycles. The summed E-state index contributed by atoms with van der Waals surface area (Å²) < 4.78 is 5.20. The van der Waals surface area contributed by atoms with Gasteiger partial charge in [0.05, 0.1) is 19.6 Å². The SMILES string of the molecule is CCN(CC(=O)O)C1CC(NC(=O)C(C)c2cccc(OC)c2)C1. The summed E-state index contributed by atoms with van der Waals surface area (Å²) in [6.45, 7) is 4.60. The van der Waals surface area contributed by atoms with Gasteiger partial charge in [-0.05, 0) is 44.0 Å². The summed E-state index contributed by atoms with van der Waals surface area (Å²) in [6.07, 6.45) is 1.61. The van der Waals surface area contributed by atoms with Crippen molar-refractivity contribution < 1.29 is 19.4 Å². The molecule has 6 heteroatoms. The Morgan fingerprint density at radius 2 is 2.12 bits per heavy atom. The van der Waals surface area contributed by atoms with E-state index in [1.165, 1.54) is 0 Å². The first-order valence-corrected chi connectivity index (χ1v) is 8.34. The van der Waals surface area contributed by atoms with Gasteiger partial charge in [0.25, 0.3) is 0 Å². The Bertz CT molecular complexity index is 584. The Labute approximate surface area is 142 Å². The van der Waals surface area contributed by atoms with E-state index in [2.05, 4.69) is 5.32 Å². The minimum absolute atomic E-state index is 0.00649. The van der Waals surface area contributed by atoms with Gasteiger partial charge in [-0.3, -0.25) is 14.5 Å². The Morgan fingerprint density at radius 1 is 1.42 bits per heavy atom. The molecule has 0 aromatic heterocycles. The maximum absolute atomic E-state index is 12.4. The van der Waals surface area contributed by atoms with Crippen molar-refractivity contribution in [2.24, 2.45) is 0 Å². The number of amides is 1. The van der Waals surface area contributed by atoms with Crippen LogP contribution in [0.3, 0.4) is 0 Å². The number of nitrogens with zero attached hydrogens (tertiary/aromatic N) is 1. The molecule has 0 bridgehead atoms. The van der Waals surface area contributed by atoms with E-state index in [0.717, 1.165) is 24.2 Å². The molecule has 0 heterocycles. The molecule has 1 aliphatic rings. The molecule has 2 N–H and O–H groups in total. The van der Waals surface area contributed by atoms with Crippen LogP contribution in [0.25, 0.3) is 0 Å². The van der Waals surface area contributed by atoms with Crippen molar-refractivity contribution in [3.8, 4) is 5.75 Å². The van der Waals surface area contributed by atoms with E-state index in [1.807, 2.05) is 43.0 Å². The standard InChI is InChI=1S/C18H26N2O4/c1-4-20(11-17(21)22)15-9-14(10-15)19-18(23)12(2)13-6-5-7-16(8-13)24-3/h5-8,12,14-15H,4,9-11H2,1-3H3,(H,19,23)(H,21,22). The van der Waals surface area contributed by atoms with Gasteiger partial charge in [-0.25, -0.2) is 0 Å². The molecule has 1 aromatic rings. The fraction of sp³-hybridized carbons (Fsp3) is 0.556. The number of carboxylic acid groups (broad SMARTS) is 1. The molecule has 1 aliphatic carbocycles. The number of hydrogen-bond acceptors (Lipinski definition) is 4. The van der Waals surface area contributed by atoms with Crippen LogP contribution in [0.1, 0.15) is 38.2 Å². The highest BCUT2D eigenvalue weighted by Crippen LogP contribution is 2.27. The number of aliphatic carboxylic acids is 1. The summed E-state index contributed by atoms with van der Waals surface area (Å²) in [7, 11) is 1.61. The van der Waals surface area contributed by atoms with Crippen LogP contribution in [0, 0.1) is 0 Å². The lowest BCUT2D eigenvalue weighted by Gasteiger charge is -2.42. The molecule has 132 valence electrons. The molecule has 1 aromatic carbocycles. The molecule has 1 amide bonds. The average Bonchev–Trinajstić information content (AvgIpc) is 2.54. The number of rotatable bonds is 8. The van der Waals surface area contributed by atoms with E-state index in [-0.39, 0.29) is 30.5 Å². The molecule has 0 spiro atoms. The molecule has 2 rings (SSSR count). The smallest absolute Gasteiger partial charge is 0.317 e. The summed E-state index contributed by atoms with van der Waals surface area (Å²) in [4.78, 5) is 25.2. The predicted molar refractivity (Wildman–Crippen MR) is 91.2 cm³/mol. The normalized spacial score (nSPS) is 21.0. The lowest BCUT2D eigenvalue weighted by Crippen LogP contribution is -2.55. The van der Waals surface area contributed by atoms with Gasteiger partial charge in [0.1, 0.15) is 5.75 Å². The number of carbonyl (C=O) groups is 2. The van der Waals surface area contributed by atoms with Crippen molar-refractivity contribution in [1.29, 1.82) is 0 Å². The molecule has 1 fully saturated rings. The number of carbonyl (C=O) groups excluding carboxylic acids is 1. The van der Waals surface area contributed by atoms with Crippen molar-refractivity contribution in [3.05, 3.63) is 29.8 Å². The van der Waals surface area contributed by atoms with Crippen molar-refractivity contribution in [3.63, 3.8) is 0 Å². The van der Waals surface area contributed by atoms with Crippen LogP contribution in [-0.2, 0) is 9.59 Å². The summed E-state index contributed by atoms with van der Waals surface area (Å²) in [6, 6.07) is 7.89. The Balaban J connectivity index is 1.84. The topological polar surface area (TPSA) is 78.9 Å². The summed E-state index contributed by atoms with van der Waals surface area (Å²) in [5.41, 5.74) is 0.920. The zero-order valence-corrected chi connectivity index (χ0v) is 14.5. The van der Waals surface area contributed by atoms with E-state index in [1.54, 1.807) is 7.11 Å². The van der Waals surface area contributed by atoms with E-state index < -0.39 is 5.97 Å². The van der Waals surface area contributed by atoms with Crippen LogP contribution in [0.4, 0.5) is 0 Å². The van der Waals surface area contributed by atoms with Crippen molar-refractivity contribution in [1.82, 2.24) is 10.2 Å². The fourth-order valence-corrected chi connectivity index (χ4v) is 3.07. The maximum atomic E-state index is 12.4. The summed E-state index contributed by atoms with van der Waals surface area (Å²) in [5.74, 6) is -0.326. The van der Waals surface area contributed by atoms with Gasteiger partial charge >= 0.3 is 5.97 Å². The van der Waals surface area contributed by atoms with E-state index in [0.29, 0.717) is 6.54 Å². The summed E-state index contributed by atoms with van der Waals surface area (Å²) >= 11 is 0. The van der Waals surface area contributed by atoms with Crippen LogP contribution in [0.15, 0.2) is 24.3 Å². The van der Waals surface area contributed by atoms with Crippen LogP contribution >= 0.6 is 0 Å². The second-order valence-corrected chi connectivity index (χ2v) is 6.29. The highest BCUT2D eigenvalue weighted by atomic mass is 16.5. The van der Waals surface area contributed by atoms with E-state index in [9.17, 15) is 9.59 Å². The highest BCUT2D eigenvalue weighted by molar-refractivity contribution is 5.83. The van der Waals surface area contributed by atoms with Crippen molar-refractivity contribution in [2.75, 3.05) is 20.2 Å². The first kappa shape index (κ1) is 18.3. The number of benzene rings is 1. The first-order valence-electron chi connectivity index (χ1n) is 8.34. The minimum atomic E-state index is -0.809. The number of ether oxygens (including phenoxy) is 1. The average molecular weight is 334 g/mol. The predicted octanol–water partition coefficient (Wildman–Crippen LogP) is 1.85. The number of hydrogen-bond donors (Lipinski definition) is 2. The fourth-order valence-electron chi connectivity index (χ4n) is 3.07. The van der Waals surface area contributed by atoms with Gasteiger partial charge in [0.15, 0.2) is 0 Å². The molecule has 1 unspecified atom stereocenters. The van der Waals surface area contributed by atoms with Crippen molar-refractivity contribution >= 4 is 11.9 Å². The second-order valence-electron chi connectivity index (χ2n) is 6.29. The van der Waals surface area contributed by atoms with Crippen molar-refractivity contribution in [2.45, 2.75) is 44.7 Å². The zero-order valence-electron chi connectivity index (χ0n) is 14.5. The molecule has 0 saturated heterocycles. The minimum Gasteiger partial charge on any atom is -0.497 e. The maximum Gasteiger partial charge on any atom is 0.317 e. The molecule has 1 atom stereocenters. The van der Waals surface area contributed by atoms with Gasteiger partial charge in [0.2, 0.25) is 5.91 Å². The van der Waals surface area contributed by atoms with Gasteiger partial charge in [0, 0.05) is 12.1 Å². The van der Waals surface area contributed by atoms with E-state index in [4.69, 9.17) is 9.84 Å². The molecule has 0 radical (unpaired) electrons. The second kappa shape index (κ2) is 8.15. The van der Waals surface area contributed by atoms with Gasteiger partial charge < -0.3 is 15.2 Å². The van der Waals surface area contributed by atoms with Gasteiger partial charge in [-0.1, -0.05) is 19.1 Å². The van der Waals surface area contributed by atoms with Crippen LogP contribution in [0.2, 0.25) is 0 Å². The monoisotopic (exact) mass is 334 g/mol.